The lowest BCUT2D eigenvalue weighted by atomic mass is 10.1. The fraction of sp³-hybridized carbons (Fsp3) is 0.857. The molecule has 0 aromatic carbocycles. The molecule has 0 amide bonds. The Kier molecular flexibility index (Phi) is 4.63. The summed E-state index contributed by atoms with van der Waals surface area (Å²) < 4.78 is 36.8. The predicted molar refractivity (Wildman–Crippen MR) is 49.5 cm³/mol. The SMILES string of the molecule is CCN(C)CC(C(N)=S)C(F)(F)F. The minimum Gasteiger partial charge on any atom is -0.393 e. The van der Waals surface area contributed by atoms with Crippen LogP contribution in [0.3, 0.4) is 0 Å². The summed E-state index contributed by atoms with van der Waals surface area (Å²) in [6.07, 6.45) is -4.34. The molecule has 1 unspecified atom stereocenters. The first-order valence-electron chi connectivity index (χ1n) is 3.83. The summed E-state index contributed by atoms with van der Waals surface area (Å²) in [4.78, 5) is 1.03. The van der Waals surface area contributed by atoms with Crippen molar-refractivity contribution >= 4 is 17.2 Å². The van der Waals surface area contributed by atoms with E-state index in [0.717, 1.165) is 0 Å². The molecule has 0 fully saturated rings. The molecule has 1 atom stereocenters. The second kappa shape index (κ2) is 4.76. The molecule has 2 nitrogen and oxygen atoms in total. The molecule has 0 spiro atoms. The molecule has 0 aromatic heterocycles. The van der Waals surface area contributed by atoms with E-state index < -0.39 is 17.1 Å². The summed E-state index contributed by atoms with van der Waals surface area (Å²) in [5.41, 5.74) is 5.01. The van der Waals surface area contributed by atoms with Gasteiger partial charge in [0, 0.05) is 6.54 Å². The number of hydrogen-bond acceptors (Lipinski definition) is 2. The minimum absolute atomic E-state index is 0.171. The van der Waals surface area contributed by atoms with Gasteiger partial charge in [0.05, 0.1) is 4.99 Å². The monoisotopic (exact) mass is 214 g/mol. The lowest BCUT2D eigenvalue weighted by Crippen LogP contribution is -2.42. The third kappa shape index (κ3) is 4.42. The number of nitrogens with zero attached hydrogens (tertiary/aromatic N) is 1. The summed E-state index contributed by atoms with van der Waals surface area (Å²) in [5.74, 6) is -1.70. The Hall–Kier alpha value is -0.360. The predicted octanol–water partition coefficient (Wildman–Crippen LogP) is 1.40. The van der Waals surface area contributed by atoms with E-state index in [9.17, 15) is 13.2 Å². The molecule has 0 aromatic rings. The molecule has 0 aliphatic heterocycles. The normalized spacial score (nSPS) is 14.6. The van der Waals surface area contributed by atoms with Gasteiger partial charge in [-0.15, -0.1) is 0 Å². The Balaban J connectivity index is 4.37. The van der Waals surface area contributed by atoms with Gasteiger partial charge in [-0.25, -0.2) is 0 Å². The maximum atomic E-state index is 12.3. The summed E-state index contributed by atoms with van der Waals surface area (Å²) in [5, 5.41) is 0. The topological polar surface area (TPSA) is 29.3 Å². The van der Waals surface area contributed by atoms with Gasteiger partial charge in [0.15, 0.2) is 0 Å². The molecule has 0 bridgehead atoms. The first-order valence-corrected chi connectivity index (χ1v) is 4.24. The largest absolute Gasteiger partial charge is 0.399 e. The highest BCUT2D eigenvalue weighted by Gasteiger charge is 2.41. The second-order valence-corrected chi connectivity index (χ2v) is 3.32. The van der Waals surface area contributed by atoms with Gasteiger partial charge in [-0.1, -0.05) is 19.1 Å². The summed E-state index contributed by atoms with van der Waals surface area (Å²) >= 11 is 4.36. The molecule has 0 aliphatic rings. The van der Waals surface area contributed by atoms with Crippen LogP contribution in [-0.2, 0) is 0 Å². The number of thiocarbonyl (C=S) groups is 1. The zero-order chi connectivity index (χ0) is 10.6. The second-order valence-electron chi connectivity index (χ2n) is 2.85. The van der Waals surface area contributed by atoms with Crippen molar-refractivity contribution in [2.24, 2.45) is 11.7 Å². The maximum absolute atomic E-state index is 12.3. The zero-order valence-corrected chi connectivity index (χ0v) is 8.37. The molecule has 78 valence electrons. The van der Waals surface area contributed by atoms with E-state index in [1.165, 1.54) is 4.90 Å². The molecular weight excluding hydrogens is 201 g/mol. The van der Waals surface area contributed by atoms with Crippen molar-refractivity contribution in [2.75, 3.05) is 20.1 Å². The Bertz CT molecular complexity index is 181. The third-order valence-corrected chi connectivity index (χ3v) is 2.06. The minimum atomic E-state index is -4.34. The van der Waals surface area contributed by atoms with Gasteiger partial charge in [-0.3, -0.25) is 0 Å². The zero-order valence-electron chi connectivity index (χ0n) is 7.56. The Labute approximate surface area is 80.9 Å². The number of alkyl halides is 3. The summed E-state index contributed by atoms with van der Waals surface area (Å²) in [6.45, 7) is 2.14. The van der Waals surface area contributed by atoms with E-state index in [-0.39, 0.29) is 6.54 Å². The van der Waals surface area contributed by atoms with Crippen molar-refractivity contribution in [3.8, 4) is 0 Å². The van der Waals surface area contributed by atoms with Gasteiger partial charge in [0.1, 0.15) is 5.92 Å². The molecule has 0 saturated carbocycles. The molecule has 0 radical (unpaired) electrons. The van der Waals surface area contributed by atoms with Crippen LogP contribution in [0, 0.1) is 5.92 Å². The quantitative estimate of drug-likeness (QED) is 0.717. The standard InChI is InChI=1S/C7H13F3N2S/c1-3-12(2)4-5(6(11)13)7(8,9)10/h5H,3-4H2,1-2H3,(H2,11,13). The lowest BCUT2D eigenvalue weighted by molar-refractivity contribution is -0.158. The molecule has 0 aliphatic carbocycles. The van der Waals surface area contributed by atoms with Gasteiger partial charge in [-0.2, -0.15) is 13.2 Å². The van der Waals surface area contributed by atoms with Gasteiger partial charge in [0.2, 0.25) is 0 Å². The van der Waals surface area contributed by atoms with Crippen molar-refractivity contribution in [3.63, 3.8) is 0 Å². The molecule has 13 heavy (non-hydrogen) atoms. The van der Waals surface area contributed by atoms with Crippen LogP contribution in [0.1, 0.15) is 6.92 Å². The van der Waals surface area contributed by atoms with Crippen LogP contribution in [0.2, 0.25) is 0 Å². The van der Waals surface area contributed by atoms with Crippen LogP contribution in [-0.4, -0.2) is 36.2 Å². The Morgan fingerprint density at radius 2 is 2.00 bits per heavy atom. The van der Waals surface area contributed by atoms with Crippen LogP contribution in [0.25, 0.3) is 0 Å². The average Bonchev–Trinajstić information content (AvgIpc) is 1.96. The molecule has 0 heterocycles. The van der Waals surface area contributed by atoms with Gasteiger partial charge >= 0.3 is 6.18 Å². The molecule has 0 rings (SSSR count). The van der Waals surface area contributed by atoms with E-state index in [1.54, 1.807) is 14.0 Å². The summed E-state index contributed by atoms with van der Waals surface area (Å²) in [7, 11) is 1.59. The molecule has 0 saturated heterocycles. The van der Waals surface area contributed by atoms with E-state index in [4.69, 9.17) is 5.73 Å². The van der Waals surface area contributed by atoms with Crippen LogP contribution < -0.4 is 5.73 Å². The van der Waals surface area contributed by atoms with Gasteiger partial charge in [0.25, 0.3) is 0 Å². The van der Waals surface area contributed by atoms with Crippen molar-refractivity contribution < 1.29 is 13.2 Å². The van der Waals surface area contributed by atoms with Crippen molar-refractivity contribution in [1.29, 1.82) is 0 Å². The van der Waals surface area contributed by atoms with Gasteiger partial charge < -0.3 is 10.6 Å². The lowest BCUT2D eigenvalue weighted by Gasteiger charge is -2.23. The fourth-order valence-corrected chi connectivity index (χ4v) is 1.00. The molecule has 2 N–H and O–H groups in total. The summed E-state index contributed by atoms with van der Waals surface area (Å²) in [6, 6.07) is 0. The molecular formula is C7H13F3N2S. The highest BCUT2D eigenvalue weighted by atomic mass is 32.1. The first-order chi connectivity index (χ1) is 5.79. The highest BCUT2D eigenvalue weighted by molar-refractivity contribution is 7.80. The number of hydrogen-bond donors (Lipinski definition) is 1. The number of nitrogens with two attached hydrogens (primary N) is 1. The first kappa shape index (κ1) is 12.6. The molecule has 6 heteroatoms. The van der Waals surface area contributed by atoms with Crippen LogP contribution in [0.5, 0.6) is 0 Å². The fourth-order valence-electron chi connectivity index (χ4n) is 0.796. The third-order valence-electron chi connectivity index (χ3n) is 1.77. The van der Waals surface area contributed by atoms with E-state index in [1.807, 2.05) is 0 Å². The van der Waals surface area contributed by atoms with E-state index in [2.05, 4.69) is 12.2 Å². The van der Waals surface area contributed by atoms with E-state index >= 15 is 0 Å². The van der Waals surface area contributed by atoms with Gasteiger partial charge in [-0.05, 0) is 13.6 Å². The van der Waals surface area contributed by atoms with Crippen molar-refractivity contribution in [1.82, 2.24) is 4.90 Å². The van der Waals surface area contributed by atoms with Crippen LogP contribution in [0.15, 0.2) is 0 Å². The Morgan fingerprint density at radius 3 is 2.23 bits per heavy atom. The van der Waals surface area contributed by atoms with Crippen molar-refractivity contribution in [3.05, 3.63) is 0 Å². The smallest absolute Gasteiger partial charge is 0.393 e. The Morgan fingerprint density at radius 1 is 1.54 bits per heavy atom. The highest BCUT2D eigenvalue weighted by Crippen LogP contribution is 2.26. The maximum Gasteiger partial charge on any atom is 0.399 e. The van der Waals surface area contributed by atoms with E-state index in [0.29, 0.717) is 6.54 Å². The van der Waals surface area contributed by atoms with Crippen LogP contribution >= 0.6 is 12.2 Å². The number of rotatable bonds is 4. The van der Waals surface area contributed by atoms with Crippen molar-refractivity contribution in [2.45, 2.75) is 13.1 Å². The number of halogens is 3. The average molecular weight is 214 g/mol. The van der Waals surface area contributed by atoms with Crippen LogP contribution in [0.4, 0.5) is 13.2 Å².